The summed E-state index contributed by atoms with van der Waals surface area (Å²) in [5.41, 5.74) is 6.02. The molecule has 3 nitrogen and oxygen atoms in total. The first-order chi connectivity index (χ1) is 7.94. The lowest BCUT2D eigenvalue weighted by molar-refractivity contribution is 0.127. The van der Waals surface area contributed by atoms with Crippen LogP contribution >= 0.6 is 0 Å². The van der Waals surface area contributed by atoms with Crippen molar-refractivity contribution in [2.45, 2.75) is 52.6 Å². The van der Waals surface area contributed by atoms with Gasteiger partial charge in [0, 0.05) is 6.54 Å². The van der Waals surface area contributed by atoms with Crippen molar-refractivity contribution in [1.29, 1.82) is 0 Å². The van der Waals surface area contributed by atoms with Crippen molar-refractivity contribution in [2.24, 2.45) is 17.1 Å². The Morgan fingerprint density at radius 2 is 2.12 bits per heavy atom. The maximum absolute atomic E-state index is 9.54. The minimum atomic E-state index is -0.142. The molecule has 0 spiro atoms. The Morgan fingerprint density at radius 3 is 2.65 bits per heavy atom. The molecular formula is C14H30N2O. The molecule has 0 aromatic carbocycles. The Morgan fingerprint density at radius 1 is 1.41 bits per heavy atom. The highest BCUT2D eigenvalue weighted by atomic mass is 16.3. The zero-order valence-electron chi connectivity index (χ0n) is 11.8. The van der Waals surface area contributed by atoms with Crippen molar-refractivity contribution in [3.8, 4) is 0 Å². The Labute approximate surface area is 106 Å². The Hall–Kier alpha value is -0.120. The molecule has 3 heteroatoms. The van der Waals surface area contributed by atoms with Crippen LogP contribution in [-0.2, 0) is 0 Å². The molecule has 2 atom stereocenters. The van der Waals surface area contributed by atoms with Gasteiger partial charge in [0.15, 0.2) is 0 Å². The summed E-state index contributed by atoms with van der Waals surface area (Å²) >= 11 is 0. The number of nitrogens with zero attached hydrogens (tertiary/aromatic N) is 1. The van der Waals surface area contributed by atoms with Crippen LogP contribution in [0.15, 0.2) is 0 Å². The molecule has 3 N–H and O–H groups in total. The topological polar surface area (TPSA) is 49.5 Å². The zero-order chi connectivity index (χ0) is 12.9. The summed E-state index contributed by atoms with van der Waals surface area (Å²) in [7, 11) is 0. The van der Waals surface area contributed by atoms with Crippen LogP contribution in [0.5, 0.6) is 0 Å². The van der Waals surface area contributed by atoms with Gasteiger partial charge in [-0.3, -0.25) is 0 Å². The molecule has 0 aliphatic carbocycles. The summed E-state index contributed by atoms with van der Waals surface area (Å²) in [5, 5.41) is 9.54. The molecule has 0 saturated carbocycles. The highest BCUT2D eigenvalue weighted by Gasteiger charge is 2.25. The molecule has 1 aliphatic heterocycles. The first-order valence-electron chi connectivity index (χ1n) is 7.05. The Kier molecular flexibility index (Phi) is 5.90. The van der Waals surface area contributed by atoms with Crippen molar-refractivity contribution >= 4 is 0 Å². The molecule has 1 aliphatic rings. The van der Waals surface area contributed by atoms with Gasteiger partial charge in [-0.1, -0.05) is 20.3 Å². The minimum absolute atomic E-state index is 0.142. The van der Waals surface area contributed by atoms with Crippen molar-refractivity contribution < 1.29 is 5.11 Å². The number of hydrogen-bond acceptors (Lipinski definition) is 3. The third-order valence-corrected chi connectivity index (χ3v) is 4.12. The van der Waals surface area contributed by atoms with E-state index in [0.717, 1.165) is 26.1 Å². The molecule has 0 radical (unpaired) electrons. The largest absolute Gasteiger partial charge is 0.393 e. The highest BCUT2D eigenvalue weighted by Crippen LogP contribution is 2.23. The van der Waals surface area contributed by atoms with Crippen LogP contribution in [0.3, 0.4) is 0 Å². The third-order valence-electron chi connectivity index (χ3n) is 4.12. The van der Waals surface area contributed by atoms with Gasteiger partial charge in [-0.05, 0) is 57.2 Å². The molecule has 0 aromatic heterocycles. The van der Waals surface area contributed by atoms with Crippen LogP contribution in [-0.4, -0.2) is 42.3 Å². The van der Waals surface area contributed by atoms with Gasteiger partial charge in [0.2, 0.25) is 0 Å². The van der Waals surface area contributed by atoms with E-state index in [9.17, 15) is 5.11 Å². The number of likely N-dealkylation sites (tertiary alicyclic amines) is 1. The summed E-state index contributed by atoms with van der Waals surface area (Å²) in [6, 6.07) is 0. The summed E-state index contributed by atoms with van der Waals surface area (Å²) in [6.45, 7) is 10.6. The molecule has 2 unspecified atom stereocenters. The summed E-state index contributed by atoms with van der Waals surface area (Å²) < 4.78 is 0. The second-order valence-electron chi connectivity index (χ2n) is 6.42. The lowest BCUT2D eigenvalue weighted by Crippen LogP contribution is -2.26. The minimum Gasteiger partial charge on any atom is -0.393 e. The van der Waals surface area contributed by atoms with Crippen LogP contribution in [0, 0.1) is 11.3 Å². The predicted molar refractivity (Wildman–Crippen MR) is 72.9 cm³/mol. The molecule has 1 rings (SSSR count). The molecular weight excluding hydrogens is 212 g/mol. The Bertz CT molecular complexity index is 216. The fraction of sp³-hybridized carbons (Fsp3) is 1.00. The average Bonchev–Trinajstić information content (AvgIpc) is 2.73. The third kappa shape index (κ3) is 5.36. The van der Waals surface area contributed by atoms with Gasteiger partial charge in [0.05, 0.1) is 6.10 Å². The first kappa shape index (κ1) is 14.9. The molecule has 102 valence electrons. The zero-order valence-corrected chi connectivity index (χ0v) is 11.8. The lowest BCUT2D eigenvalue weighted by atomic mass is 9.87. The van der Waals surface area contributed by atoms with Gasteiger partial charge < -0.3 is 15.7 Å². The Balaban J connectivity index is 2.08. The molecule has 0 aromatic rings. The average molecular weight is 242 g/mol. The van der Waals surface area contributed by atoms with Crippen molar-refractivity contribution in [1.82, 2.24) is 4.90 Å². The molecule has 1 fully saturated rings. The van der Waals surface area contributed by atoms with E-state index in [2.05, 4.69) is 18.7 Å². The molecule has 0 bridgehead atoms. The molecule has 1 heterocycles. The van der Waals surface area contributed by atoms with Gasteiger partial charge >= 0.3 is 0 Å². The number of aliphatic hydroxyl groups is 1. The van der Waals surface area contributed by atoms with Crippen LogP contribution in [0.25, 0.3) is 0 Å². The van der Waals surface area contributed by atoms with Gasteiger partial charge in [0.25, 0.3) is 0 Å². The van der Waals surface area contributed by atoms with E-state index in [4.69, 9.17) is 5.73 Å². The van der Waals surface area contributed by atoms with Crippen LogP contribution < -0.4 is 5.73 Å². The maximum Gasteiger partial charge on any atom is 0.0552 e. The van der Waals surface area contributed by atoms with E-state index in [1.54, 1.807) is 0 Å². The van der Waals surface area contributed by atoms with Crippen LogP contribution in [0.2, 0.25) is 0 Å². The number of hydrogen-bond donors (Lipinski definition) is 2. The lowest BCUT2D eigenvalue weighted by Gasteiger charge is -2.23. The number of unbranched alkanes of at least 4 members (excludes halogenated alkanes) is 1. The summed E-state index contributed by atoms with van der Waals surface area (Å²) in [6.07, 6.45) is 4.76. The van der Waals surface area contributed by atoms with Gasteiger partial charge in [-0.15, -0.1) is 0 Å². The van der Waals surface area contributed by atoms with E-state index >= 15 is 0 Å². The van der Waals surface area contributed by atoms with Crippen molar-refractivity contribution in [3.05, 3.63) is 0 Å². The summed E-state index contributed by atoms with van der Waals surface area (Å²) in [4.78, 5) is 2.49. The molecule has 1 saturated heterocycles. The number of rotatable bonds is 7. The number of nitrogens with two attached hydrogens (primary N) is 1. The fourth-order valence-corrected chi connectivity index (χ4v) is 2.50. The highest BCUT2D eigenvalue weighted by molar-refractivity contribution is 4.79. The monoisotopic (exact) mass is 242 g/mol. The van der Waals surface area contributed by atoms with Gasteiger partial charge in [-0.25, -0.2) is 0 Å². The van der Waals surface area contributed by atoms with E-state index < -0.39 is 0 Å². The smallest absolute Gasteiger partial charge is 0.0552 e. The SMILES string of the molecule is CC(O)C1CCN(CCCCC(C)(C)CN)C1. The molecule has 17 heavy (non-hydrogen) atoms. The van der Waals surface area contributed by atoms with Crippen molar-refractivity contribution in [2.75, 3.05) is 26.2 Å². The van der Waals surface area contributed by atoms with Gasteiger partial charge in [-0.2, -0.15) is 0 Å². The van der Waals surface area contributed by atoms with E-state index in [1.165, 1.54) is 25.8 Å². The van der Waals surface area contributed by atoms with E-state index in [1.807, 2.05) is 6.92 Å². The fourth-order valence-electron chi connectivity index (χ4n) is 2.50. The number of aliphatic hydroxyl groups excluding tert-OH is 1. The second kappa shape index (κ2) is 6.72. The molecule has 0 amide bonds. The standard InChI is InChI=1S/C14H30N2O/c1-12(17)13-6-9-16(10-13)8-5-4-7-14(2,3)11-15/h12-13,17H,4-11,15H2,1-3H3. The summed E-state index contributed by atoms with van der Waals surface area (Å²) in [5.74, 6) is 0.496. The normalized spacial score (nSPS) is 24.2. The van der Waals surface area contributed by atoms with Crippen molar-refractivity contribution in [3.63, 3.8) is 0 Å². The predicted octanol–water partition coefficient (Wildman–Crippen LogP) is 1.84. The van der Waals surface area contributed by atoms with Crippen LogP contribution in [0.4, 0.5) is 0 Å². The van der Waals surface area contributed by atoms with Crippen LogP contribution in [0.1, 0.15) is 46.5 Å². The first-order valence-corrected chi connectivity index (χ1v) is 7.05. The van der Waals surface area contributed by atoms with E-state index in [-0.39, 0.29) is 6.10 Å². The second-order valence-corrected chi connectivity index (χ2v) is 6.42. The van der Waals surface area contributed by atoms with Gasteiger partial charge in [0.1, 0.15) is 0 Å². The maximum atomic E-state index is 9.54. The van der Waals surface area contributed by atoms with E-state index in [0.29, 0.717) is 11.3 Å². The quantitative estimate of drug-likeness (QED) is 0.670.